The Morgan fingerprint density at radius 1 is 1.43 bits per heavy atom. The Labute approximate surface area is 138 Å². The van der Waals surface area contributed by atoms with Crippen LogP contribution >= 0.6 is 37.9 Å². The summed E-state index contributed by atoms with van der Waals surface area (Å²) in [5.41, 5.74) is 0.924. The second kappa shape index (κ2) is 6.20. The maximum absolute atomic E-state index is 13.7. The lowest BCUT2D eigenvalue weighted by Crippen LogP contribution is -2.00. The Bertz CT molecular complexity index is 773. The van der Waals surface area contributed by atoms with Gasteiger partial charge in [-0.15, -0.1) is 11.3 Å². The van der Waals surface area contributed by atoms with Gasteiger partial charge in [-0.25, -0.2) is 17.8 Å². The maximum atomic E-state index is 13.7. The Morgan fingerprint density at radius 2 is 2.10 bits per heavy atom. The third-order valence-electron chi connectivity index (χ3n) is 2.67. The lowest BCUT2D eigenvalue weighted by atomic mass is 10.3. The van der Waals surface area contributed by atoms with Crippen molar-refractivity contribution < 1.29 is 17.5 Å². The molecular weight excluding hydrogens is 405 g/mol. The van der Waals surface area contributed by atoms with Crippen LogP contribution in [0.25, 0.3) is 0 Å². The maximum Gasteiger partial charge on any atom is 0.264 e. The SMILES string of the molecule is Cc1nc(COc2cc(F)c(S(=O)(=O)Cl)cc2Br)sc1C. The predicted molar refractivity (Wildman–Crippen MR) is 83.1 cm³/mol. The fraction of sp³-hybridized carbons (Fsp3) is 0.250. The van der Waals surface area contributed by atoms with E-state index >= 15 is 0 Å². The van der Waals surface area contributed by atoms with E-state index in [0.29, 0.717) is 4.47 Å². The van der Waals surface area contributed by atoms with Gasteiger partial charge in [-0.2, -0.15) is 0 Å². The van der Waals surface area contributed by atoms with E-state index in [-0.39, 0.29) is 12.4 Å². The third kappa shape index (κ3) is 3.94. The molecule has 0 atom stereocenters. The number of halogens is 3. The second-order valence-corrected chi connectivity index (χ2v) is 8.87. The van der Waals surface area contributed by atoms with Gasteiger partial charge in [0, 0.05) is 21.6 Å². The minimum Gasteiger partial charge on any atom is -0.485 e. The van der Waals surface area contributed by atoms with Crippen LogP contribution in [0.5, 0.6) is 5.75 Å². The Balaban J connectivity index is 2.23. The van der Waals surface area contributed by atoms with E-state index < -0.39 is 19.8 Å². The molecule has 0 bridgehead atoms. The molecule has 0 saturated heterocycles. The summed E-state index contributed by atoms with van der Waals surface area (Å²) in [6.45, 7) is 4.02. The van der Waals surface area contributed by atoms with Gasteiger partial charge in [0.15, 0.2) is 0 Å². The molecule has 0 radical (unpaired) electrons. The van der Waals surface area contributed by atoms with E-state index in [1.165, 1.54) is 11.3 Å². The monoisotopic (exact) mass is 413 g/mol. The minimum absolute atomic E-state index is 0.171. The van der Waals surface area contributed by atoms with Gasteiger partial charge < -0.3 is 4.74 Å². The fourth-order valence-electron chi connectivity index (χ4n) is 1.55. The second-order valence-electron chi connectivity index (χ2n) is 4.19. The molecular formula is C12H10BrClFNO3S2. The van der Waals surface area contributed by atoms with E-state index in [0.717, 1.165) is 27.7 Å². The largest absolute Gasteiger partial charge is 0.485 e. The summed E-state index contributed by atoms with van der Waals surface area (Å²) in [6.07, 6.45) is 0. The third-order valence-corrected chi connectivity index (χ3v) is 5.68. The molecule has 1 heterocycles. The molecule has 21 heavy (non-hydrogen) atoms. The number of hydrogen-bond donors (Lipinski definition) is 0. The first-order chi connectivity index (χ1) is 9.68. The zero-order valence-electron chi connectivity index (χ0n) is 11.0. The van der Waals surface area contributed by atoms with Gasteiger partial charge in [0.25, 0.3) is 9.05 Å². The summed E-state index contributed by atoms with van der Waals surface area (Å²) in [4.78, 5) is 4.79. The van der Waals surface area contributed by atoms with E-state index in [1.807, 2.05) is 13.8 Å². The van der Waals surface area contributed by atoms with E-state index in [1.54, 1.807) is 0 Å². The van der Waals surface area contributed by atoms with Gasteiger partial charge in [-0.3, -0.25) is 0 Å². The number of aromatic nitrogens is 1. The topological polar surface area (TPSA) is 56.3 Å². The van der Waals surface area contributed by atoms with Gasteiger partial charge >= 0.3 is 0 Å². The van der Waals surface area contributed by atoms with E-state index in [4.69, 9.17) is 15.4 Å². The normalized spacial score (nSPS) is 11.7. The Hall–Kier alpha value is -0.700. The highest BCUT2D eigenvalue weighted by Crippen LogP contribution is 2.32. The molecule has 114 valence electrons. The van der Waals surface area contributed by atoms with Crippen molar-refractivity contribution >= 4 is 47.0 Å². The lowest BCUT2D eigenvalue weighted by molar-refractivity contribution is 0.301. The van der Waals surface area contributed by atoms with Gasteiger partial charge in [0.2, 0.25) is 0 Å². The van der Waals surface area contributed by atoms with Crippen LogP contribution in [-0.2, 0) is 15.7 Å². The zero-order valence-corrected chi connectivity index (χ0v) is 15.0. The first-order valence-corrected chi connectivity index (χ1v) is 9.60. The van der Waals surface area contributed by atoms with Gasteiger partial charge in [-0.1, -0.05) is 0 Å². The van der Waals surface area contributed by atoms with Crippen molar-refractivity contribution in [2.24, 2.45) is 0 Å². The molecule has 0 saturated carbocycles. The molecule has 0 amide bonds. The Kier molecular flexibility index (Phi) is 4.92. The summed E-state index contributed by atoms with van der Waals surface area (Å²) in [5.74, 6) is -0.781. The number of thiazole rings is 1. The van der Waals surface area contributed by atoms with Crippen molar-refractivity contribution in [2.75, 3.05) is 0 Å². The van der Waals surface area contributed by atoms with Crippen molar-refractivity contribution in [1.29, 1.82) is 0 Å². The number of ether oxygens (including phenoxy) is 1. The first kappa shape index (κ1) is 16.7. The van der Waals surface area contributed by atoms with Gasteiger partial charge in [0.05, 0.1) is 10.2 Å². The smallest absolute Gasteiger partial charge is 0.264 e. The highest BCUT2D eigenvalue weighted by atomic mass is 79.9. The minimum atomic E-state index is -4.14. The standard InChI is InChI=1S/C12H10BrClFNO3S2/c1-6-7(2)20-12(16-6)5-19-10-4-9(15)11(3-8(10)13)21(14,17)18/h3-4H,5H2,1-2H3. The van der Waals surface area contributed by atoms with Crippen molar-refractivity contribution in [2.45, 2.75) is 25.3 Å². The number of aryl methyl sites for hydroxylation is 2. The molecule has 2 rings (SSSR count). The van der Waals surface area contributed by atoms with Crippen molar-refractivity contribution in [3.63, 3.8) is 0 Å². The van der Waals surface area contributed by atoms with Crippen LogP contribution in [0, 0.1) is 19.7 Å². The molecule has 4 nitrogen and oxygen atoms in total. The number of rotatable bonds is 4. The van der Waals surface area contributed by atoms with Gasteiger partial charge in [0.1, 0.15) is 28.1 Å². The highest BCUT2D eigenvalue weighted by Gasteiger charge is 2.19. The predicted octanol–water partition coefficient (Wildman–Crippen LogP) is 4.17. The molecule has 0 aliphatic heterocycles. The summed E-state index contributed by atoms with van der Waals surface area (Å²) in [7, 11) is 1.00. The molecule has 9 heteroatoms. The van der Waals surface area contributed by atoms with E-state index in [2.05, 4.69) is 20.9 Å². The number of nitrogens with zero attached hydrogens (tertiary/aromatic N) is 1. The quantitative estimate of drug-likeness (QED) is 0.705. The molecule has 0 unspecified atom stereocenters. The van der Waals surface area contributed by atoms with Crippen molar-refractivity contribution in [3.8, 4) is 5.75 Å². The molecule has 0 aliphatic rings. The van der Waals surface area contributed by atoms with Crippen LogP contribution in [0.3, 0.4) is 0 Å². The van der Waals surface area contributed by atoms with Crippen LogP contribution in [0.4, 0.5) is 4.39 Å². The van der Waals surface area contributed by atoms with Crippen LogP contribution in [-0.4, -0.2) is 13.4 Å². The molecule has 2 aromatic rings. The fourth-order valence-corrected chi connectivity index (χ4v) is 3.91. The number of hydrogen-bond acceptors (Lipinski definition) is 5. The first-order valence-electron chi connectivity index (χ1n) is 5.68. The molecule has 1 aromatic carbocycles. The lowest BCUT2D eigenvalue weighted by Gasteiger charge is -2.08. The van der Waals surface area contributed by atoms with Crippen molar-refractivity contribution in [1.82, 2.24) is 4.98 Å². The molecule has 0 N–H and O–H groups in total. The molecule has 0 fully saturated rings. The van der Waals surface area contributed by atoms with Crippen LogP contribution < -0.4 is 4.74 Å². The van der Waals surface area contributed by atoms with Crippen LogP contribution in [0.2, 0.25) is 0 Å². The summed E-state index contributed by atoms with van der Waals surface area (Å²) >= 11 is 4.62. The summed E-state index contributed by atoms with van der Waals surface area (Å²) in [6, 6.07) is 2.05. The average molecular weight is 415 g/mol. The molecule has 0 spiro atoms. The van der Waals surface area contributed by atoms with Crippen molar-refractivity contribution in [3.05, 3.63) is 38.0 Å². The zero-order chi connectivity index (χ0) is 15.8. The van der Waals surface area contributed by atoms with E-state index in [9.17, 15) is 12.8 Å². The van der Waals surface area contributed by atoms with Crippen LogP contribution in [0.15, 0.2) is 21.5 Å². The highest BCUT2D eigenvalue weighted by molar-refractivity contribution is 9.10. The number of benzene rings is 1. The van der Waals surface area contributed by atoms with Crippen LogP contribution in [0.1, 0.15) is 15.6 Å². The van der Waals surface area contributed by atoms with Gasteiger partial charge in [-0.05, 0) is 35.8 Å². The summed E-state index contributed by atoms with van der Waals surface area (Å²) < 4.78 is 41.9. The molecule has 1 aromatic heterocycles. The molecule has 0 aliphatic carbocycles. The summed E-state index contributed by atoms with van der Waals surface area (Å²) in [5, 5.41) is 0.756. The Morgan fingerprint density at radius 3 is 2.62 bits per heavy atom. The average Bonchev–Trinajstić information content (AvgIpc) is 2.68.